The van der Waals surface area contributed by atoms with Gasteiger partial charge in [-0.2, -0.15) is 0 Å². The van der Waals surface area contributed by atoms with Crippen LogP contribution >= 0.6 is 0 Å². The highest BCUT2D eigenvalue weighted by Gasteiger charge is 2.36. The van der Waals surface area contributed by atoms with Gasteiger partial charge in [-0.25, -0.2) is 5.43 Å². The molecule has 2 aromatic rings. The lowest BCUT2D eigenvalue weighted by atomic mass is 9.92. The van der Waals surface area contributed by atoms with E-state index in [1.165, 1.54) is 11.9 Å². The number of aromatic nitrogens is 1. The van der Waals surface area contributed by atoms with Crippen LogP contribution in [0.4, 0.5) is 0 Å². The number of carbonyl (C=O) groups excluding carboxylic acids is 3. The summed E-state index contributed by atoms with van der Waals surface area (Å²) < 4.78 is 5.68. The molecule has 3 rings (SSSR count). The van der Waals surface area contributed by atoms with Gasteiger partial charge in [-0.3, -0.25) is 29.2 Å². The lowest BCUT2D eigenvalue weighted by molar-refractivity contribution is -0.165. The molecule has 10 nitrogen and oxygen atoms in total. The largest absolute Gasteiger partial charge is 0.480 e. The molecule has 0 saturated carbocycles. The smallest absolute Gasteiger partial charge is 0.322 e. The van der Waals surface area contributed by atoms with E-state index in [2.05, 4.69) is 24.6 Å². The number of carbonyl (C=O) groups is 4. The summed E-state index contributed by atoms with van der Waals surface area (Å²) in [5, 5.41) is 14.1. The molecule has 10 heteroatoms. The number of aliphatic carboxylic acids is 1. The van der Waals surface area contributed by atoms with Crippen molar-refractivity contribution < 1.29 is 29.0 Å². The van der Waals surface area contributed by atoms with Gasteiger partial charge in [-0.15, -0.1) is 0 Å². The first-order valence-electron chi connectivity index (χ1n) is 14.1. The lowest BCUT2D eigenvalue weighted by Gasteiger charge is -2.34. The third kappa shape index (κ3) is 8.13. The molecule has 3 N–H and O–H groups in total. The summed E-state index contributed by atoms with van der Waals surface area (Å²) in [6.07, 6.45) is 3.40. The van der Waals surface area contributed by atoms with Crippen molar-refractivity contribution in [3.63, 3.8) is 0 Å². The molecular formula is C31H42N4O6. The average Bonchev–Trinajstić information content (AvgIpc) is 2.93. The van der Waals surface area contributed by atoms with Gasteiger partial charge >= 0.3 is 11.9 Å². The van der Waals surface area contributed by atoms with Gasteiger partial charge in [0.15, 0.2) is 6.10 Å². The minimum Gasteiger partial charge on any atom is -0.480 e. The van der Waals surface area contributed by atoms with Crippen molar-refractivity contribution in [3.8, 4) is 0 Å². The third-order valence-corrected chi connectivity index (χ3v) is 7.13. The van der Waals surface area contributed by atoms with E-state index < -0.39 is 47.4 Å². The topological polar surface area (TPSA) is 138 Å². The highest BCUT2D eigenvalue weighted by atomic mass is 16.5. The van der Waals surface area contributed by atoms with Gasteiger partial charge in [0.1, 0.15) is 12.1 Å². The van der Waals surface area contributed by atoms with Gasteiger partial charge in [-0.05, 0) is 63.1 Å². The second-order valence-electron chi connectivity index (χ2n) is 11.9. The van der Waals surface area contributed by atoms with E-state index in [-0.39, 0.29) is 5.92 Å². The van der Waals surface area contributed by atoms with Crippen molar-refractivity contribution in [2.24, 2.45) is 11.3 Å². The van der Waals surface area contributed by atoms with Gasteiger partial charge in [0.2, 0.25) is 0 Å². The molecule has 41 heavy (non-hydrogen) atoms. The minimum absolute atomic E-state index is 0.310. The summed E-state index contributed by atoms with van der Waals surface area (Å²) >= 11 is 0. The fourth-order valence-electron chi connectivity index (χ4n) is 4.42. The maximum Gasteiger partial charge on any atom is 0.322 e. The zero-order valence-electron chi connectivity index (χ0n) is 24.9. The molecule has 1 fully saturated rings. The molecule has 0 spiro atoms. The van der Waals surface area contributed by atoms with Crippen molar-refractivity contribution in [3.05, 3.63) is 47.7 Å². The van der Waals surface area contributed by atoms with Crippen LogP contribution in [0.1, 0.15) is 78.5 Å². The molecule has 0 unspecified atom stereocenters. The Labute approximate surface area is 241 Å². The normalized spacial score (nSPS) is 17.6. The number of pyridine rings is 1. The summed E-state index contributed by atoms with van der Waals surface area (Å²) in [4.78, 5) is 55.2. The predicted molar refractivity (Wildman–Crippen MR) is 156 cm³/mol. The summed E-state index contributed by atoms with van der Waals surface area (Å²) in [5.41, 5.74) is 4.41. The van der Waals surface area contributed by atoms with Gasteiger partial charge in [0, 0.05) is 17.6 Å². The van der Waals surface area contributed by atoms with Crippen LogP contribution in [0, 0.1) is 11.3 Å². The number of nitrogens with zero attached hydrogens (tertiary/aromatic N) is 2. The quantitative estimate of drug-likeness (QED) is 0.366. The van der Waals surface area contributed by atoms with Gasteiger partial charge < -0.3 is 15.2 Å². The number of carboxylic acid groups (broad SMARTS) is 1. The molecule has 0 aliphatic carbocycles. The first-order valence-corrected chi connectivity index (χ1v) is 14.1. The summed E-state index contributed by atoms with van der Waals surface area (Å²) in [7, 11) is 0. The van der Waals surface area contributed by atoms with Gasteiger partial charge in [-0.1, -0.05) is 58.0 Å². The number of benzene rings is 1. The van der Waals surface area contributed by atoms with E-state index >= 15 is 0 Å². The average molecular weight is 567 g/mol. The van der Waals surface area contributed by atoms with Crippen LogP contribution in [0.2, 0.25) is 0 Å². The Bertz CT molecular complexity index is 1320. The molecule has 1 aliphatic heterocycles. The molecule has 222 valence electrons. The molecule has 0 bridgehead atoms. The molecule has 1 aromatic carbocycles. The number of fused-ring (bicyclic) bond motifs is 1. The Morgan fingerprint density at radius 2 is 1.80 bits per heavy atom. The molecule has 3 atom stereocenters. The first kappa shape index (κ1) is 31.7. The number of hydrogen-bond donors (Lipinski definition) is 3. The number of amides is 2. The van der Waals surface area contributed by atoms with Crippen molar-refractivity contribution >= 4 is 40.7 Å². The van der Waals surface area contributed by atoms with Crippen molar-refractivity contribution in [2.45, 2.75) is 85.4 Å². The Kier molecular flexibility index (Phi) is 10.3. The number of nitrogens with one attached hydrogen (secondary N) is 2. The first-order chi connectivity index (χ1) is 19.2. The molecule has 1 aliphatic rings. The van der Waals surface area contributed by atoms with Crippen LogP contribution in [0.15, 0.2) is 36.4 Å². The fourth-order valence-corrected chi connectivity index (χ4v) is 4.42. The minimum atomic E-state index is -1.12. The van der Waals surface area contributed by atoms with E-state index in [0.29, 0.717) is 25.3 Å². The van der Waals surface area contributed by atoms with Crippen LogP contribution in [0.3, 0.4) is 0 Å². The third-order valence-electron chi connectivity index (χ3n) is 7.13. The second kappa shape index (κ2) is 13.2. The maximum atomic E-state index is 13.2. The van der Waals surface area contributed by atoms with E-state index in [4.69, 9.17) is 9.72 Å². The zero-order chi connectivity index (χ0) is 30.5. The van der Waals surface area contributed by atoms with Crippen LogP contribution in [0.5, 0.6) is 0 Å². The fraction of sp³-hybridized carbons (Fsp3) is 0.516. The van der Waals surface area contributed by atoms with Crippen LogP contribution in [-0.4, -0.2) is 63.6 Å². The molecule has 2 heterocycles. The standard InChI is InChI=1S/C31H42N4O6/c1-18(2)23-13-12-22-11-10-21(17-25(22)33-23)14-15-31(6,7)30(40)41-26(19(3)4)27(36)32-20(5)28(37)35-16-8-9-24(34-35)29(38)39/h10-15,17-20,24,26,34H,8-9,16H2,1-7H3,(H,32,36)(H,38,39)/b15-14+/t20-,24-,26-/m0/s1. The van der Waals surface area contributed by atoms with E-state index in [0.717, 1.165) is 22.2 Å². The Balaban J connectivity index is 1.66. The summed E-state index contributed by atoms with van der Waals surface area (Å²) in [6.45, 7) is 13.0. The van der Waals surface area contributed by atoms with Crippen molar-refractivity contribution in [1.29, 1.82) is 0 Å². The lowest BCUT2D eigenvalue weighted by Crippen LogP contribution is -2.60. The molecular weight excluding hydrogens is 524 g/mol. The number of carboxylic acids is 1. The maximum absolute atomic E-state index is 13.2. The van der Waals surface area contributed by atoms with Crippen molar-refractivity contribution in [1.82, 2.24) is 20.7 Å². The second-order valence-corrected chi connectivity index (χ2v) is 11.9. The highest BCUT2D eigenvalue weighted by Crippen LogP contribution is 2.25. The zero-order valence-corrected chi connectivity index (χ0v) is 24.9. The molecule has 0 radical (unpaired) electrons. The molecule has 1 saturated heterocycles. The van der Waals surface area contributed by atoms with Crippen LogP contribution < -0.4 is 10.7 Å². The Hall–Kier alpha value is -3.79. The SMILES string of the molecule is CC(C)c1ccc2ccc(/C=C/C(C)(C)C(=O)O[C@H](C(=O)N[C@@H](C)C(=O)N3CCC[C@@H](C(=O)O)N3)C(C)C)cc2n1. The van der Waals surface area contributed by atoms with Crippen molar-refractivity contribution in [2.75, 3.05) is 6.54 Å². The van der Waals surface area contributed by atoms with Gasteiger partial charge in [0.25, 0.3) is 11.8 Å². The number of hydrogen-bond acceptors (Lipinski definition) is 7. The van der Waals surface area contributed by atoms with Gasteiger partial charge in [0.05, 0.1) is 10.9 Å². The number of esters is 1. The van der Waals surface area contributed by atoms with E-state index in [9.17, 15) is 24.3 Å². The summed E-state index contributed by atoms with van der Waals surface area (Å²) in [5.74, 6) is -2.73. The summed E-state index contributed by atoms with van der Waals surface area (Å²) in [6, 6.07) is 8.17. The predicted octanol–water partition coefficient (Wildman–Crippen LogP) is 4.05. The monoisotopic (exact) mass is 566 g/mol. The van der Waals surface area contributed by atoms with Crippen LogP contribution in [0.25, 0.3) is 17.0 Å². The molecule has 1 aromatic heterocycles. The molecule has 2 amide bonds. The number of rotatable bonds is 10. The van der Waals surface area contributed by atoms with Crippen LogP contribution in [-0.2, 0) is 23.9 Å². The number of hydrazine groups is 1. The Morgan fingerprint density at radius 1 is 1.12 bits per heavy atom. The van der Waals surface area contributed by atoms with E-state index in [1.54, 1.807) is 33.8 Å². The Morgan fingerprint density at radius 3 is 2.44 bits per heavy atom. The highest BCUT2D eigenvalue weighted by molar-refractivity contribution is 5.91. The number of ether oxygens (including phenoxy) is 1. The van der Waals surface area contributed by atoms with E-state index in [1.807, 2.05) is 36.4 Å².